The molecule has 0 heterocycles. The highest BCUT2D eigenvalue weighted by atomic mass is 79.9. The number of halogens is 2. The summed E-state index contributed by atoms with van der Waals surface area (Å²) in [4.78, 5) is 10.7. The number of hydrogen-bond donors (Lipinski definition) is 0. The second-order valence-electron chi connectivity index (χ2n) is 3.81. The molecular formula is C14H10BrFO2. The molecule has 0 aliphatic heterocycles. The Bertz CT molecular complexity index is 596. The van der Waals surface area contributed by atoms with Crippen LogP contribution in [0.15, 0.2) is 40.9 Å². The Hall–Kier alpha value is -1.68. The lowest BCUT2D eigenvalue weighted by molar-refractivity contribution is 0.112. The topological polar surface area (TPSA) is 26.3 Å². The third kappa shape index (κ3) is 2.76. The largest absolute Gasteiger partial charge is 0.457 e. The molecule has 2 aromatic carbocycles. The van der Waals surface area contributed by atoms with Crippen molar-refractivity contribution < 1.29 is 13.9 Å². The maximum Gasteiger partial charge on any atom is 0.150 e. The molecule has 0 saturated heterocycles. The van der Waals surface area contributed by atoms with Gasteiger partial charge in [-0.25, -0.2) is 4.39 Å². The fourth-order valence-corrected chi connectivity index (χ4v) is 1.77. The van der Waals surface area contributed by atoms with Crippen LogP contribution in [-0.4, -0.2) is 6.29 Å². The molecule has 92 valence electrons. The molecule has 0 fully saturated rings. The Morgan fingerprint density at radius 2 is 1.83 bits per heavy atom. The number of aldehydes is 1. The number of hydrogen-bond acceptors (Lipinski definition) is 2. The van der Waals surface area contributed by atoms with Crippen molar-refractivity contribution >= 4 is 22.2 Å². The van der Waals surface area contributed by atoms with E-state index in [1.54, 1.807) is 30.3 Å². The SMILES string of the molecule is Cc1cc(Oc2ccc(Br)c(F)c2)ccc1C=O. The first kappa shape index (κ1) is 12.8. The first-order valence-electron chi connectivity index (χ1n) is 5.29. The summed E-state index contributed by atoms with van der Waals surface area (Å²) in [6.45, 7) is 1.82. The minimum absolute atomic E-state index is 0.381. The van der Waals surface area contributed by atoms with Gasteiger partial charge in [0.1, 0.15) is 23.6 Å². The number of carbonyl (C=O) groups is 1. The number of rotatable bonds is 3. The number of aryl methyl sites for hydroxylation is 1. The lowest BCUT2D eigenvalue weighted by atomic mass is 10.1. The highest BCUT2D eigenvalue weighted by molar-refractivity contribution is 9.10. The molecule has 0 aliphatic rings. The summed E-state index contributed by atoms with van der Waals surface area (Å²) in [6, 6.07) is 9.63. The molecule has 18 heavy (non-hydrogen) atoms. The van der Waals surface area contributed by atoms with Gasteiger partial charge < -0.3 is 4.74 Å². The van der Waals surface area contributed by atoms with Crippen molar-refractivity contribution in [2.45, 2.75) is 6.92 Å². The highest BCUT2D eigenvalue weighted by Crippen LogP contribution is 2.26. The van der Waals surface area contributed by atoms with Crippen LogP contribution in [0.2, 0.25) is 0 Å². The van der Waals surface area contributed by atoms with E-state index >= 15 is 0 Å². The first-order valence-corrected chi connectivity index (χ1v) is 6.08. The van der Waals surface area contributed by atoms with Crippen molar-refractivity contribution in [2.24, 2.45) is 0 Å². The normalized spacial score (nSPS) is 10.2. The van der Waals surface area contributed by atoms with Crippen LogP contribution in [-0.2, 0) is 0 Å². The maximum atomic E-state index is 13.3. The molecule has 4 heteroatoms. The lowest BCUT2D eigenvalue weighted by Gasteiger charge is -2.08. The molecule has 0 aliphatic carbocycles. The summed E-state index contributed by atoms with van der Waals surface area (Å²) in [5.41, 5.74) is 1.43. The number of benzene rings is 2. The van der Waals surface area contributed by atoms with Crippen LogP contribution in [0, 0.1) is 12.7 Å². The van der Waals surface area contributed by atoms with E-state index < -0.39 is 0 Å². The van der Waals surface area contributed by atoms with Gasteiger partial charge in [0, 0.05) is 11.6 Å². The van der Waals surface area contributed by atoms with E-state index in [0.29, 0.717) is 21.5 Å². The average Bonchev–Trinajstić information content (AvgIpc) is 2.34. The Labute approximate surface area is 113 Å². The molecule has 2 nitrogen and oxygen atoms in total. The maximum absolute atomic E-state index is 13.3. The third-order valence-corrected chi connectivity index (χ3v) is 3.14. The van der Waals surface area contributed by atoms with Gasteiger partial charge >= 0.3 is 0 Å². The number of carbonyl (C=O) groups excluding carboxylic acids is 1. The monoisotopic (exact) mass is 308 g/mol. The van der Waals surface area contributed by atoms with Crippen molar-refractivity contribution in [1.29, 1.82) is 0 Å². The second kappa shape index (κ2) is 5.31. The molecule has 0 aromatic heterocycles. The van der Waals surface area contributed by atoms with E-state index in [0.717, 1.165) is 11.8 Å². The van der Waals surface area contributed by atoms with E-state index in [1.165, 1.54) is 6.07 Å². The van der Waals surface area contributed by atoms with Gasteiger partial charge in [0.05, 0.1) is 4.47 Å². The molecule has 0 amide bonds. The molecule has 0 bridgehead atoms. The molecule has 0 atom stereocenters. The smallest absolute Gasteiger partial charge is 0.150 e. The first-order chi connectivity index (χ1) is 8.60. The van der Waals surface area contributed by atoms with Crippen molar-refractivity contribution in [3.63, 3.8) is 0 Å². The predicted octanol–water partition coefficient (Wildman–Crippen LogP) is 4.50. The van der Waals surface area contributed by atoms with Crippen LogP contribution >= 0.6 is 15.9 Å². The zero-order chi connectivity index (χ0) is 13.1. The third-order valence-electron chi connectivity index (χ3n) is 2.50. The van der Waals surface area contributed by atoms with Gasteiger partial charge in [0.15, 0.2) is 0 Å². The summed E-state index contributed by atoms with van der Waals surface area (Å²) in [6.07, 6.45) is 0.790. The second-order valence-corrected chi connectivity index (χ2v) is 4.67. The molecule has 0 radical (unpaired) electrons. The van der Waals surface area contributed by atoms with Crippen LogP contribution in [0.1, 0.15) is 15.9 Å². The zero-order valence-electron chi connectivity index (χ0n) is 9.61. The van der Waals surface area contributed by atoms with Crippen LogP contribution in [0.25, 0.3) is 0 Å². The highest BCUT2D eigenvalue weighted by Gasteiger charge is 2.04. The van der Waals surface area contributed by atoms with Crippen LogP contribution in [0.5, 0.6) is 11.5 Å². The Balaban J connectivity index is 2.25. The summed E-state index contributed by atoms with van der Waals surface area (Å²) >= 11 is 3.08. The molecular weight excluding hydrogens is 299 g/mol. The van der Waals surface area contributed by atoms with Crippen molar-refractivity contribution in [2.75, 3.05) is 0 Å². The molecule has 0 unspecified atom stereocenters. The minimum Gasteiger partial charge on any atom is -0.457 e. The number of ether oxygens (including phenoxy) is 1. The molecule has 2 aromatic rings. The van der Waals surface area contributed by atoms with E-state index in [1.807, 2.05) is 6.92 Å². The van der Waals surface area contributed by atoms with Gasteiger partial charge in [-0.15, -0.1) is 0 Å². The van der Waals surface area contributed by atoms with E-state index in [-0.39, 0.29) is 5.82 Å². The summed E-state index contributed by atoms with van der Waals surface area (Å²) in [7, 11) is 0. The van der Waals surface area contributed by atoms with Crippen molar-refractivity contribution in [1.82, 2.24) is 0 Å². The minimum atomic E-state index is -0.381. The summed E-state index contributed by atoms with van der Waals surface area (Å²) < 4.78 is 19.2. The summed E-state index contributed by atoms with van der Waals surface area (Å²) in [5.74, 6) is 0.600. The summed E-state index contributed by atoms with van der Waals surface area (Å²) in [5, 5.41) is 0. The fourth-order valence-electron chi connectivity index (χ4n) is 1.52. The van der Waals surface area contributed by atoms with Gasteiger partial charge in [-0.05, 0) is 58.7 Å². The van der Waals surface area contributed by atoms with Gasteiger partial charge in [-0.1, -0.05) is 0 Å². The van der Waals surface area contributed by atoms with Crippen LogP contribution in [0.4, 0.5) is 4.39 Å². The quantitative estimate of drug-likeness (QED) is 0.780. The Kier molecular flexibility index (Phi) is 3.77. The predicted molar refractivity (Wildman–Crippen MR) is 70.7 cm³/mol. The standard InChI is InChI=1S/C14H10BrFO2/c1-9-6-11(3-2-10(9)8-17)18-12-4-5-13(15)14(16)7-12/h2-8H,1H3. The van der Waals surface area contributed by atoms with Gasteiger partial charge in [-0.2, -0.15) is 0 Å². The average molecular weight is 309 g/mol. The molecule has 0 saturated carbocycles. The molecule has 2 rings (SSSR count). The van der Waals surface area contributed by atoms with Gasteiger partial charge in [-0.3, -0.25) is 4.79 Å². The van der Waals surface area contributed by atoms with Gasteiger partial charge in [0.25, 0.3) is 0 Å². The van der Waals surface area contributed by atoms with Crippen LogP contribution < -0.4 is 4.74 Å². The van der Waals surface area contributed by atoms with Crippen molar-refractivity contribution in [3.8, 4) is 11.5 Å². The van der Waals surface area contributed by atoms with E-state index in [2.05, 4.69) is 15.9 Å². The fraction of sp³-hybridized carbons (Fsp3) is 0.0714. The Morgan fingerprint density at radius 1 is 1.17 bits per heavy atom. The van der Waals surface area contributed by atoms with E-state index in [4.69, 9.17) is 4.74 Å². The lowest BCUT2D eigenvalue weighted by Crippen LogP contribution is -1.90. The zero-order valence-corrected chi connectivity index (χ0v) is 11.2. The Morgan fingerprint density at radius 3 is 2.44 bits per heavy atom. The van der Waals surface area contributed by atoms with Crippen LogP contribution in [0.3, 0.4) is 0 Å². The van der Waals surface area contributed by atoms with Gasteiger partial charge in [0.2, 0.25) is 0 Å². The van der Waals surface area contributed by atoms with E-state index in [9.17, 15) is 9.18 Å². The molecule has 0 spiro atoms. The molecule has 0 N–H and O–H groups in total. The van der Waals surface area contributed by atoms with Crippen molar-refractivity contribution in [3.05, 3.63) is 57.8 Å².